The van der Waals surface area contributed by atoms with Gasteiger partial charge in [0.05, 0.1) is 18.1 Å². The number of hydrogen-bond donors (Lipinski definition) is 3. The molecule has 3 heterocycles. The average molecular weight is 1010 g/mol. The molecule has 18 nitrogen and oxygen atoms in total. The molecule has 2 aromatic carbocycles. The molecular formula is C52H71N5O13S. The van der Waals surface area contributed by atoms with Crippen molar-refractivity contribution in [1.82, 2.24) is 25.8 Å². The highest BCUT2D eigenvalue weighted by molar-refractivity contribution is 7.94. The van der Waals surface area contributed by atoms with E-state index in [1.54, 1.807) is 32.0 Å². The first-order valence-corrected chi connectivity index (χ1v) is 27.1. The zero-order valence-corrected chi connectivity index (χ0v) is 41.9. The summed E-state index contributed by atoms with van der Waals surface area (Å²) in [5, 5.41) is 9.83. The van der Waals surface area contributed by atoms with Crippen molar-refractivity contribution >= 4 is 39.7 Å². The van der Waals surface area contributed by atoms with Crippen molar-refractivity contribution < 1.29 is 61.1 Å². The van der Waals surface area contributed by atoms with E-state index in [9.17, 15) is 32.4 Å². The lowest BCUT2D eigenvalue weighted by atomic mass is 9.53. The van der Waals surface area contributed by atoms with E-state index in [-0.39, 0.29) is 60.8 Å². The summed E-state index contributed by atoms with van der Waals surface area (Å²) in [6, 6.07) is 15.0. The van der Waals surface area contributed by atoms with Crippen LogP contribution in [0.1, 0.15) is 103 Å². The fourth-order valence-corrected chi connectivity index (χ4v) is 12.5. The fourth-order valence-electron chi connectivity index (χ4n) is 11.4. The van der Waals surface area contributed by atoms with Crippen LogP contribution >= 0.6 is 0 Å². The Balaban J connectivity index is 0.909. The number of benzene rings is 2. The highest BCUT2D eigenvalue weighted by Crippen LogP contribution is 2.63. The lowest BCUT2D eigenvalue weighted by Crippen LogP contribution is -2.59. The number of hydrogen-bond acceptors (Lipinski definition) is 13. The van der Waals surface area contributed by atoms with Crippen molar-refractivity contribution in [3.63, 3.8) is 0 Å². The quantitative estimate of drug-likeness (QED) is 0.0707. The number of morpholine rings is 1. The highest BCUT2D eigenvalue weighted by atomic mass is 32.2. The molecule has 7 aliphatic rings. The summed E-state index contributed by atoms with van der Waals surface area (Å²) in [6.07, 6.45) is 8.55. The maximum atomic E-state index is 14.4. The standard InChI is InChI=1S/C52H71N5O13S/c1-50(2,36-44(55-48(61)57-25-28-65-29-26-57)47(60)54-42(17-16-37-11-5-3-6-12-37)19-30-71(63,64)43-13-7-4-8-14-43)67-49(62)66-27-21-51(20-18-45(58)53-22-10-24-56-23-9-15-46(56)59)68-52(70-69-51)40-32-38-31-39(34-40)35-41(52)33-38/h3-8,11-14,19,30,38-42,44H,9-10,15-18,20-29,31-36H2,1-2H3,(H,53,58)(H,54,60)(H,55,61)/t38?,39?,40?,41?,42-,44-,51?,52?/m0/s1. The number of sulfone groups is 1. The first-order valence-electron chi connectivity index (χ1n) is 25.5. The van der Waals surface area contributed by atoms with E-state index in [2.05, 4.69) is 16.0 Å². The van der Waals surface area contributed by atoms with Crippen LogP contribution in [0.25, 0.3) is 0 Å². The number of nitrogens with one attached hydrogen (secondary N) is 3. The van der Waals surface area contributed by atoms with Crippen LogP contribution in [-0.2, 0) is 59.4 Å². The Morgan fingerprint density at radius 3 is 2.25 bits per heavy atom. The van der Waals surface area contributed by atoms with Crippen LogP contribution in [-0.4, -0.2) is 130 Å². The molecule has 19 heteroatoms. The number of carbonyl (C=O) groups excluding carboxylic acids is 5. The van der Waals surface area contributed by atoms with Gasteiger partial charge in [-0.3, -0.25) is 14.4 Å². The van der Waals surface area contributed by atoms with Crippen LogP contribution in [0.5, 0.6) is 0 Å². The van der Waals surface area contributed by atoms with Crippen LogP contribution in [0.4, 0.5) is 9.59 Å². The molecule has 3 saturated heterocycles. The molecule has 3 atom stereocenters. The Hall–Kier alpha value is -5.08. The smallest absolute Gasteiger partial charge is 0.434 e. The number of rotatable bonds is 22. The van der Waals surface area contributed by atoms with E-state index in [1.165, 1.54) is 29.5 Å². The van der Waals surface area contributed by atoms with Gasteiger partial charge in [-0.15, -0.1) is 0 Å². The summed E-state index contributed by atoms with van der Waals surface area (Å²) < 4.78 is 50.5. The topological polar surface area (TPSA) is 217 Å². The van der Waals surface area contributed by atoms with E-state index in [0.717, 1.165) is 49.6 Å². The Morgan fingerprint density at radius 2 is 1.58 bits per heavy atom. The first-order chi connectivity index (χ1) is 34.1. The number of ether oxygens (including phenoxy) is 4. The zero-order chi connectivity index (χ0) is 50.1. The van der Waals surface area contributed by atoms with Gasteiger partial charge in [0, 0.05) is 88.1 Å². The van der Waals surface area contributed by atoms with E-state index in [0.29, 0.717) is 76.9 Å². The van der Waals surface area contributed by atoms with Gasteiger partial charge in [0.1, 0.15) is 18.2 Å². The minimum atomic E-state index is -3.86. The molecule has 5 amide bonds. The zero-order valence-electron chi connectivity index (χ0n) is 41.1. The second-order valence-electron chi connectivity index (χ2n) is 20.7. The predicted octanol–water partition coefficient (Wildman–Crippen LogP) is 5.95. The normalized spacial score (nSPS) is 26.9. The number of nitrogens with zero attached hydrogens (tertiary/aromatic N) is 2. The largest absolute Gasteiger partial charge is 0.508 e. The van der Waals surface area contributed by atoms with Gasteiger partial charge in [-0.2, -0.15) is 9.78 Å². The number of carbonyl (C=O) groups is 5. The van der Waals surface area contributed by atoms with Crippen molar-refractivity contribution in [3.8, 4) is 0 Å². The molecule has 2 aromatic rings. The first kappa shape index (κ1) is 52.2. The van der Waals surface area contributed by atoms with E-state index in [4.69, 9.17) is 28.7 Å². The molecule has 0 radical (unpaired) electrons. The molecule has 0 aromatic heterocycles. The molecule has 4 bridgehead atoms. The SMILES string of the molecule is CC(C)(C[C@H](NC(=O)N1CCOCC1)C(=O)N[C@H](C=CS(=O)(=O)c1ccccc1)CCc1ccccc1)OC(=O)OCCC1(CCC(=O)NCCCN2CCCC2=O)OOC2(O1)C1CC3CC(C1)CC2C3. The molecule has 71 heavy (non-hydrogen) atoms. The number of urea groups is 1. The Kier molecular flexibility index (Phi) is 17.1. The van der Waals surface area contributed by atoms with Crippen molar-refractivity contribution in [2.24, 2.45) is 23.7 Å². The van der Waals surface area contributed by atoms with Gasteiger partial charge >= 0.3 is 12.2 Å². The van der Waals surface area contributed by atoms with E-state index < -0.39 is 57.2 Å². The minimum Gasteiger partial charge on any atom is -0.434 e. The molecule has 1 spiro atoms. The summed E-state index contributed by atoms with van der Waals surface area (Å²) in [5.41, 5.74) is -0.396. The van der Waals surface area contributed by atoms with Gasteiger partial charge in [0.2, 0.25) is 29.3 Å². The molecule has 3 N–H and O–H groups in total. The molecular weight excluding hydrogens is 935 g/mol. The highest BCUT2D eigenvalue weighted by Gasteiger charge is 2.66. The maximum absolute atomic E-state index is 14.4. The lowest BCUT2D eigenvalue weighted by molar-refractivity contribution is -0.389. The summed E-state index contributed by atoms with van der Waals surface area (Å²) >= 11 is 0. The number of amides is 5. The Labute approximate surface area is 417 Å². The molecule has 1 unspecified atom stereocenters. The third kappa shape index (κ3) is 13.7. The average Bonchev–Trinajstić information content (AvgIpc) is 3.95. The summed E-state index contributed by atoms with van der Waals surface area (Å²) in [5.74, 6) is -1.42. The number of likely N-dealkylation sites (tertiary alicyclic amines) is 1. The fraction of sp³-hybridized carbons (Fsp3) is 0.635. The van der Waals surface area contributed by atoms with Crippen molar-refractivity contribution in [2.45, 2.75) is 138 Å². The molecule has 388 valence electrons. The van der Waals surface area contributed by atoms with Crippen LogP contribution in [0, 0.1) is 23.7 Å². The van der Waals surface area contributed by atoms with Crippen LogP contribution < -0.4 is 16.0 Å². The van der Waals surface area contributed by atoms with Gasteiger partial charge < -0.3 is 44.7 Å². The van der Waals surface area contributed by atoms with Gasteiger partial charge in [-0.05, 0) is 101 Å². The monoisotopic (exact) mass is 1010 g/mol. The van der Waals surface area contributed by atoms with Crippen LogP contribution in [0.15, 0.2) is 77.0 Å². The predicted molar refractivity (Wildman–Crippen MR) is 258 cm³/mol. The van der Waals surface area contributed by atoms with Crippen molar-refractivity contribution in [2.75, 3.05) is 52.5 Å². The molecule has 3 aliphatic heterocycles. The lowest BCUT2D eigenvalue weighted by Gasteiger charge is -2.57. The van der Waals surface area contributed by atoms with Gasteiger partial charge in [-0.1, -0.05) is 54.6 Å². The van der Waals surface area contributed by atoms with Crippen molar-refractivity contribution in [3.05, 3.63) is 77.7 Å². The minimum absolute atomic E-state index is 0.0411. The molecule has 9 rings (SSSR count). The van der Waals surface area contributed by atoms with E-state index in [1.807, 2.05) is 35.2 Å². The van der Waals surface area contributed by atoms with Gasteiger partial charge in [0.25, 0.3) is 0 Å². The molecule has 4 saturated carbocycles. The van der Waals surface area contributed by atoms with Crippen molar-refractivity contribution in [1.29, 1.82) is 0 Å². The maximum Gasteiger partial charge on any atom is 0.508 e. The third-order valence-electron chi connectivity index (χ3n) is 14.9. The van der Waals surface area contributed by atoms with Crippen LogP contribution in [0.3, 0.4) is 0 Å². The third-order valence-corrected chi connectivity index (χ3v) is 16.4. The van der Waals surface area contributed by atoms with Crippen LogP contribution in [0.2, 0.25) is 0 Å². The summed E-state index contributed by atoms with van der Waals surface area (Å²) in [6.45, 7) is 6.02. The Bertz CT molecular complexity index is 2280. The second-order valence-corrected chi connectivity index (χ2v) is 22.6. The number of aryl methyl sites for hydroxylation is 1. The molecule has 4 aliphatic carbocycles. The molecule has 7 fully saturated rings. The summed E-state index contributed by atoms with van der Waals surface area (Å²) in [7, 11) is -3.86. The van der Waals surface area contributed by atoms with Gasteiger partial charge in [0.15, 0.2) is 9.84 Å². The van der Waals surface area contributed by atoms with E-state index >= 15 is 0 Å². The summed E-state index contributed by atoms with van der Waals surface area (Å²) in [4.78, 5) is 82.6. The Morgan fingerprint density at radius 1 is 0.887 bits per heavy atom. The van der Waals surface area contributed by atoms with Gasteiger partial charge in [-0.25, -0.2) is 18.0 Å². The second kappa shape index (κ2) is 23.2.